The van der Waals surface area contributed by atoms with Gasteiger partial charge < -0.3 is 10.2 Å². The Balaban J connectivity index is 2.41. The largest absolute Gasteiger partial charge is 0.379 e. The summed E-state index contributed by atoms with van der Waals surface area (Å²) in [6.07, 6.45) is 2.08. The van der Waals surface area contributed by atoms with E-state index >= 15 is 0 Å². The number of anilines is 1. The number of nitrogens with zero attached hydrogens (tertiary/aromatic N) is 2. The van der Waals surface area contributed by atoms with Crippen molar-refractivity contribution >= 4 is 34.0 Å². The molecule has 0 aliphatic heterocycles. The molecule has 0 bridgehead atoms. The van der Waals surface area contributed by atoms with Gasteiger partial charge >= 0.3 is 0 Å². The Morgan fingerprint density at radius 3 is 2.70 bits per heavy atom. The molecule has 0 fully saturated rings. The van der Waals surface area contributed by atoms with Crippen molar-refractivity contribution in [1.82, 2.24) is 4.90 Å². The third-order valence-electron chi connectivity index (χ3n) is 3.29. The Morgan fingerprint density at radius 2 is 2.10 bits per heavy atom. The fourth-order valence-electron chi connectivity index (χ4n) is 1.77. The van der Waals surface area contributed by atoms with Crippen molar-refractivity contribution in [2.45, 2.75) is 32.7 Å². The number of unbranched alkanes of at least 4 members (excludes halogenated alkanes) is 1. The highest BCUT2D eigenvalue weighted by Crippen LogP contribution is 2.26. The average Bonchev–Trinajstić information content (AvgIpc) is 2.39. The Labute approximate surface area is 134 Å². The molecule has 0 spiro atoms. The lowest BCUT2D eigenvalue weighted by atomic mass is 10.2. The van der Waals surface area contributed by atoms with Crippen LogP contribution in [-0.4, -0.2) is 36.0 Å². The number of hydrogen-bond donors (Lipinski definition) is 1. The van der Waals surface area contributed by atoms with Crippen molar-refractivity contribution in [2.24, 2.45) is 0 Å². The summed E-state index contributed by atoms with van der Waals surface area (Å²) < 4.78 is 0.874. The third kappa shape index (κ3) is 5.62. The standard InChI is InChI=1S/C14H22IN3O2/c1-11(2)17(3)9-5-4-8-16-13-7-6-12(15)10-14(13)18(19)20/h6-7,10-11,16H,4-5,8-9H2,1-3H3. The van der Waals surface area contributed by atoms with E-state index in [9.17, 15) is 10.1 Å². The van der Waals surface area contributed by atoms with E-state index in [1.807, 2.05) is 6.07 Å². The maximum Gasteiger partial charge on any atom is 0.293 e. The number of halogens is 1. The second-order valence-electron chi connectivity index (χ2n) is 5.13. The lowest BCUT2D eigenvalue weighted by Crippen LogP contribution is -2.27. The zero-order valence-electron chi connectivity index (χ0n) is 12.2. The molecule has 0 saturated heterocycles. The van der Waals surface area contributed by atoms with Crippen molar-refractivity contribution < 1.29 is 4.92 Å². The fraction of sp³-hybridized carbons (Fsp3) is 0.571. The monoisotopic (exact) mass is 391 g/mol. The first kappa shape index (κ1) is 17.2. The minimum absolute atomic E-state index is 0.149. The van der Waals surface area contributed by atoms with Gasteiger partial charge in [-0.25, -0.2) is 0 Å². The van der Waals surface area contributed by atoms with Crippen molar-refractivity contribution in [3.8, 4) is 0 Å². The Bertz CT molecular complexity index is 452. The molecule has 0 aromatic heterocycles. The van der Waals surface area contributed by atoms with Gasteiger partial charge in [-0.05, 0) is 75.0 Å². The minimum atomic E-state index is -0.336. The van der Waals surface area contributed by atoms with Crippen LogP contribution in [0.15, 0.2) is 18.2 Å². The molecule has 112 valence electrons. The lowest BCUT2D eigenvalue weighted by Gasteiger charge is -2.20. The van der Waals surface area contributed by atoms with Gasteiger partial charge in [-0.2, -0.15) is 0 Å². The van der Waals surface area contributed by atoms with Crippen LogP contribution in [0.5, 0.6) is 0 Å². The first-order chi connectivity index (χ1) is 9.41. The predicted octanol–water partition coefficient (Wildman–Crippen LogP) is 3.73. The van der Waals surface area contributed by atoms with Gasteiger partial charge in [0, 0.05) is 22.2 Å². The second kappa shape index (κ2) is 8.41. The molecule has 1 rings (SSSR count). The van der Waals surface area contributed by atoms with Gasteiger partial charge in [-0.1, -0.05) is 0 Å². The summed E-state index contributed by atoms with van der Waals surface area (Å²) in [6.45, 7) is 6.15. The smallest absolute Gasteiger partial charge is 0.293 e. The molecular weight excluding hydrogens is 369 g/mol. The van der Waals surface area contributed by atoms with Crippen LogP contribution in [0.4, 0.5) is 11.4 Å². The van der Waals surface area contributed by atoms with Gasteiger partial charge in [-0.3, -0.25) is 10.1 Å². The maximum atomic E-state index is 11.0. The zero-order valence-corrected chi connectivity index (χ0v) is 14.4. The molecule has 1 N–H and O–H groups in total. The number of rotatable bonds is 8. The van der Waals surface area contributed by atoms with E-state index in [4.69, 9.17) is 0 Å². The van der Waals surface area contributed by atoms with E-state index in [-0.39, 0.29) is 10.6 Å². The molecule has 0 amide bonds. The van der Waals surface area contributed by atoms with Gasteiger partial charge in [-0.15, -0.1) is 0 Å². The van der Waals surface area contributed by atoms with Gasteiger partial charge in [0.05, 0.1) is 4.92 Å². The molecule has 20 heavy (non-hydrogen) atoms. The Hall–Kier alpha value is -0.890. The van der Waals surface area contributed by atoms with E-state index in [2.05, 4.69) is 53.7 Å². The Kier molecular flexibility index (Phi) is 7.22. The average molecular weight is 391 g/mol. The summed E-state index contributed by atoms with van der Waals surface area (Å²) in [4.78, 5) is 12.9. The number of hydrogen-bond acceptors (Lipinski definition) is 4. The van der Waals surface area contributed by atoms with Gasteiger partial charge in [0.25, 0.3) is 5.69 Å². The van der Waals surface area contributed by atoms with Crippen LogP contribution in [0.2, 0.25) is 0 Å². The molecular formula is C14H22IN3O2. The first-order valence-corrected chi connectivity index (χ1v) is 7.87. The second-order valence-corrected chi connectivity index (χ2v) is 6.37. The SMILES string of the molecule is CC(C)N(C)CCCCNc1ccc(I)cc1[N+](=O)[O-]. The normalized spacial score (nSPS) is 11.1. The molecule has 0 heterocycles. The van der Waals surface area contributed by atoms with Crippen LogP contribution < -0.4 is 5.32 Å². The highest BCUT2D eigenvalue weighted by Gasteiger charge is 2.13. The molecule has 0 aliphatic rings. The summed E-state index contributed by atoms with van der Waals surface area (Å²) in [5, 5.41) is 14.1. The van der Waals surface area contributed by atoms with Crippen LogP contribution in [0, 0.1) is 13.7 Å². The van der Waals surface area contributed by atoms with E-state index in [0.29, 0.717) is 11.7 Å². The zero-order chi connectivity index (χ0) is 15.1. The van der Waals surface area contributed by atoms with Crippen molar-refractivity contribution in [2.75, 3.05) is 25.5 Å². The van der Waals surface area contributed by atoms with Gasteiger partial charge in [0.2, 0.25) is 0 Å². The van der Waals surface area contributed by atoms with Crippen LogP contribution in [-0.2, 0) is 0 Å². The predicted molar refractivity (Wildman–Crippen MR) is 91.3 cm³/mol. The summed E-state index contributed by atoms with van der Waals surface area (Å²) in [7, 11) is 2.11. The number of nitrogens with one attached hydrogen (secondary N) is 1. The van der Waals surface area contributed by atoms with Crippen molar-refractivity contribution in [3.05, 3.63) is 31.9 Å². The van der Waals surface area contributed by atoms with Crippen molar-refractivity contribution in [3.63, 3.8) is 0 Å². The van der Waals surface area contributed by atoms with Crippen LogP contribution in [0.25, 0.3) is 0 Å². The third-order valence-corrected chi connectivity index (χ3v) is 3.96. The molecule has 1 aromatic rings. The number of benzene rings is 1. The van der Waals surface area contributed by atoms with E-state index in [0.717, 1.165) is 29.5 Å². The van der Waals surface area contributed by atoms with E-state index < -0.39 is 0 Å². The summed E-state index contributed by atoms with van der Waals surface area (Å²) in [6, 6.07) is 5.80. The molecule has 0 atom stereocenters. The molecule has 1 aromatic carbocycles. The topological polar surface area (TPSA) is 58.4 Å². The van der Waals surface area contributed by atoms with Crippen LogP contribution in [0.1, 0.15) is 26.7 Å². The van der Waals surface area contributed by atoms with E-state index in [1.54, 1.807) is 12.1 Å². The Morgan fingerprint density at radius 1 is 1.40 bits per heavy atom. The molecule has 0 radical (unpaired) electrons. The summed E-state index contributed by atoms with van der Waals surface area (Å²) in [5.41, 5.74) is 0.754. The summed E-state index contributed by atoms with van der Waals surface area (Å²) in [5.74, 6) is 0. The fourth-order valence-corrected chi connectivity index (χ4v) is 2.25. The molecule has 0 saturated carbocycles. The molecule has 0 aliphatic carbocycles. The lowest BCUT2D eigenvalue weighted by molar-refractivity contribution is -0.384. The minimum Gasteiger partial charge on any atom is -0.379 e. The van der Waals surface area contributed by atoms with Crippen LogP contribution in [0.3, 0.4) is 0 Å². The molecule has 0 unspecified atom stereocenters. The van der Waals surface area contributed by atoms with Gasteiger partial charge in [0.1, 0.15) is 5.69 Å². The number of nitro groups is 1. The highest BCUT2D eigenvalue weighted by molar-refractivity contribution is 14.1. The maximum absolute atomic E-state index is 11.0. The summed E-state index contributed by atoms with van der Waals surface area (Å²) >= 11 is 2.08. The van der Waals surface area contributed by atoms with Crippen molar-refractivity contribution in [1.29, 1.82) is 0 Å². The van der Waals surface area contributed by atoms with Gasteiger partial charge in [0.15, 0.2) is 0 Å². The quantitative estimate of drug-likeness (QED) is 0.318. The highest BCUT2D eigenvalue weighted by atomic mass is 127. The van der Waals surface area contributed by atoms with E-state index in [1.165, 1.54) is 0 Å². The molecule has 6 heteroatoms. The first-order valence-electron chi connectivity index (χ1n) is 6.80. The van der Waals surface area contributed by atoms with Crippen LogP contribution >= 0.6 is 22.6 Å². The molecule has 5 nitrogen and oxygen atoms in total. The number of nitro benzene ring substituents is 1.